The van der Waals surface area contributed by atoms with Crippen LogP contribution in [-0.4, -0.2) is 63.0 Å². The molecule has 0 spiro atoms. The molecule has 1 rings (SSSR count). The van der Waals surface area contributed by atoms with Gasteiger partial charge in [-0.3, -0.25) is 9.68 Å². The van der Waals surface area contributed by atoms with Gasteiger partial charge in [-0.15, -0.1) is 0 Å². The van der Waals surface area contributed by atoms with Crippen molar-refractivity contribution >= 4 is 5.97 Å². The van der Waals surface area contributed by atoms with Crippen LogP contribution < -0.4 is 5.64 Å². The lowest BCUT2D eigenvalue weighted by Crippen LogP contribution is -2.19. The van der Waals surface area contributed by atoms with E-state index in [4.69, 9.17) is 30.6 Å². The van der Waals surface area contributed by atoms with Gasteiger partial charge in [0, 0.05) is 0 Å². The van der Waals surface area contributed by atoms with Crippen LogP contribution in [0.5, 0.6) is 17.2 Å². The van der Waals surface area contributed by atoms with Crippen molar-refractivity contribution in [3.05, 3.63) is 17.7 Å². The zero-order valence-corrected chi connectivity index (χ0v) is 10.9. The number of hydrogen-bond acceptors (Lipinski definition) is 9. The molecule has 21 heavy (non-hydrogen) atoms. The highest BCUT2D eigenvalue weighted by molar-refractivity contribution is 5.89. The van der Waals surface area contributed by atoms with E-state index in [0.717, 1.165) is 12.1 Å². The van der Waals surface area contributed by atoms with Crippen molar-refractivity contribution < 1.29 is 45.1 Å². The molecule has 0 fully saturated rings. The molecule has 10 nitrogen and oxygen atoms in total. The van der Waals surface area contributed by atoms with Crippen LogP contribution >= 0.6 is 0 Å². The van der Waals surface area contributed by atoms with Gasteiger partial charge in [0.05, 0.1) is 32.0 Å². The Bertz CT molecular complexity index is 409. The third-order valence-electron chi connectivity index (χ3n) is 1.82. The topological polar surface area (TPSA) is 169 Å². The summed E-state index contributed by atoms with van der Waals surface area (Å²) < 4.78 is 0. The zero-order chi connectivity index (χ0) is 16.3. The molecule has 0 aromatic heterocycles. The van der Waals surface area contributed by atoms with Gasteiger partial charge in [0.15, 0.2) is 17.2 Å². The van der Waals surface area contributed by atoms with Crippen LogP contribution in [0.15, 0.2) is 12.1 Å². The molecule has 1 aromatic carbocycles. The third-order valence-corrected chi connectivity index (χ3v) is 1.82. The number of carboxylic acids is 1. The molecule has 0 radical (unpaired) electrons. The number of phenolic OH excluding ortho intramolecular Hbond substituents is 3. The van der Waals surface area contributed by atoms with Crippen molar-refractivity contribution in [1.82, 2.24) is 5.64 Å². The fourth-order valence-corrected chi connectivity index (χ4v) is 0.944. The van der Waals surface area contributed by atoms with Gasteiger partial charge in [0.25, 0.3) is 0 Å². The average molecular weight is 307 g/mol. The summed E-state index contributed by atoms with van der Waals surface area (Å²) in [6, 6.07) is 1.69. The molecule has 0 heterocycles. The predicted octanol–water partition coefficient (Wildman–Crippen LogP) is -1.07. The summed E-state index contributed by atoms with van der Waals surface area (Å²) in [5.74, 6) is -3.33. The van der Waals surface area contributed by atoms with Crippen molar-refractivity contribution in [1.29, 1.82) is 0 Å². The van der Waals surface area contributed by atoms with Crippen LogP contribution in [0.25, 0.3) is 0 Å². The van der Waals surface area contributed by atoms with Gasteiger partial charge >= 0.3 is 5.97 Å². The first-order valence-corrected chi connectivity index (χ1v) is 5.62. The number of nitrogens with one attached hydrogen (secondary N) is 1. The van der Waals surface area contributed by atoms with E-state index in [1.807, 2.05) is 0 Å². The molecular weight excluding hydrogens is 290 g/mol. The van der Waals surface area contributed by atoms with Crippen LogP contribution in [0.1, 0.15) is 10.4 Å². The first kappa shape index (κ1) is 18.9. The number of aromatic carboxylic acids is 1. The van der Waals surface area contributed by atoms with E-state index in [9.17, 15) is 4.79 Å². The number of phenols is 3. The van der Waals surface area contributed by atoms with E-state index in [-0.39, 0.29) is 32.0 Å². The maximum Gasteiger partial charge on any atom is 0.335 e. The summed E-state index contributed by atoms with van der Waals surface area (Å²) in [6.07, 6.45) is 0. The number of aliphatic hydroxyl groups is 2. The monoisotopic (exact) mass is 307 g/mol. The maximum atomic E-state index is 10.3. The Balaban J connectivity index is 0.000000400. The Kier molecular flexibility index (Phi) is 9.58. The minimum Gasteiger partial charge on any atom is -0.504 e. The summed E-state index contributed by atoms with van der Waals surface area (Å²) in [5, 5.41) is 51.3. The molecule has 0 aliphatic heterocycles. The van der Waals surface area contributed by atoms with E-state index in [0.29, 0.717) is 0 Å². The molecule has 0 saturated heterocycles. The van der Waals surface area contributed by atoms with Crippen molar-refractivity contribution in [2.45, 2.75) is 0 Å². The lowest BCUT2D eigenvalue weighted by Gasteiger charge is -2.01. The highest BCUT2D eigenvalue weighted by atomic mass is 16.9. The molecule has 120 valence electrons. The lowest BCUT2D eigenvalue weighted by molar-refractivity contribution is -0.178. The molecule has 0 aliphatic rings. The minimum atomic E-state index is -1.29. The standard InChI is InChI=1S/C7H6O5.C4H11NO4/c8-4-1-3(7(11)12)2-5(9)6(4)10;6-1-3-8-5-9-4-2-7/h1-2,8-10H,(H,11,12);5-7H,1-4H2. The molecule has 7 N–H and O–H groups in total. The van der Waals surface area contributed by atoms with Crippen molar-refractivity contribution in [2.75, 3.05) is 26.4 Å². The molecule has 0 unspecified atom stereocenters. The Hall–Kier alpha value is -2.11. The molecule has 0 atom stereocenters. The summed E-state index contributed by atoms with van der Waals surface area (Å²) in [7, 11) is 0. The van der Waals surface area contributed by atoms with Gasteiger partial charge in [0.2, 0.25) is 0 Å². The van der Waals surface area contributed by atoms with Crippen LogP contribution in [0.2, 0.25) is 0 Å². The van der Waals surface area contributed by atoms with Gasteiger partial charge in [-0.25, -0.2) is 4.79 Å². The second kappa shape index (κ2) is 10.7. The lowest BCUT2D eigenvalue weighted by atomic mass is 10.2. The fraction of sp³-hybridized carbons (Fsp3) is 0.364. The average Bonchev–Trinajstić information content (AvgIpc) is 2.44. The number of aliphatic hydroxyl groups excluding tert-OH is 2. The second-order valence-electron chi connectivity index (χ2n) is 3.40. The van der Waals surface area contributed by atoms with E-state index in [1.54, 1.807) is 0 Å². The second-order valence-corrected chi connectivity index (χ2v) is 3.40. The number of aromatic hydroxyl groups is 3. The number of benzene rings is 1. The van der Waals surface area contributed by atoms with Crippen molar-refractivity contribution in [2.24, 2.45) is 0 Å². The smallest absolute Gasteiger partial charge is 0.335 e. The highest BCUT2D eigenvalue weighted by Gasteiger charge is 2.11. The van der Waals surface area contributed by atoms with Crippen molar-refractivity contribution in [3.8, 4) is 17.2 Å². The Labute approximate surface area is 119 Å². The van der Waals surface area contributed by atoms with Gasteiger partial charge < -0.3 is 30.6 Å². The van der Waals surface area contributed by atoms with Gasteiger partial charge in [-0.2, -0.15) is 0 Å². The quantitative estimate of drug-likeness (QED) is 0.187. The van der Waals surface area contributed by atoms with Crippen LogP contribution in [-0.2, 0) is 9.68 Å². The van der Waals surface area contributed by atoms with Crippen LogP contribution in [0.3, 0.4) is 0 Å². The van der Waals surface area contributed by atoms with E-state index >= 15 is 0 Å². The molecule has 0 saturated carbocycles. The molecule has 10 heteroatoms. The first-order chi connectivity index (χ1) is 9.93. The zero-order valence-electron chi connectivity index (χ0n) is 10.9. The minimum absolute atomic E-state index is 0.0600. The summed E-state index contributed by atoms with van der Waals surface area (Å²) in [5.41, 5.74) is 1.78. The van der Waals surface area contributed by atoms with Crippen molar-refractivity contribution in [3.63, 3.8) is 0 Å². The number of carboxylic acid groups (broad SMARTS) is 1. The largest absolute Gasteiger partial charge is 0.504 e. The Morgan fingerprint density at radius 2 is 1.43 bits per heavy atom. The molecule has 0 aliphatic carbocycles. The number of hydrogen-bond donors (Lipinski definition) is 7. The normalized spacial score (nSPS) is 9.81. The van der Waals surface area contributed by atoms with E-state index in [1.165, 1.54) is 0 Å². The SMILES string of the molecule is O=C(O)c1cc(O)c(O)c(O)c1.OCCONOCCO. The molecule has 0 amide bonds. The predicted molar refractivity (Wildman–Crippen MR) is 67.6 cm³/mol. The first-order valence-electron chi connectivity index (χ1n) is 5.62. The molecule has 1 aromatic rings. The van der Waals surface area contributed by atoms with Gasteiger partial charge in [-0.1, -0.05) is 5.64 Å². The van der Waals surface area contributed by atoms with Gasteiger partial charge in [0.1, 0.15) is 0 Å². The maximum absolute atomic E-state index is 10.3. The molecular formula is C11H17NO9. The third kappa shape index (κ3) is 7.91. The van der Waals surface area contributed by atoms with E-state index in [2.05, 4.69) is 15.3 Å². The van der Waals surface area contributed by atoms with E-state index < -0.39 is 23.2 Å². The summed E-state index contributed by atoms with van der Waals surface area (Å²) in [4.78, 5) is 19.2. The fourth-order valence-electron chi connectivity index (χ4n) is 0.944. The number of rotatable bonds is 7. The van der Waals surface area contributed by atoms with Crippen LogP contribution in [0, 0.1) is 0 Å². The summed E-state index contributed by atoms with van der Waals surface area (Å²) in [6.45, 7) is 0.224. The van der Waals surface area contributed by atoms with Gasteiger partial charge in [-0.05, 0) is 12.1 Å². The highest BCUT2D eigenvalue weighted by Crippen LogP contribution is 2.35. The summed E-state index contributed by atoms with van der Waals surface area (Å²) >= 11 is 0. The Morgan fingerprint density at radius 1 is 1.00 bits per heavy atom. The molecule has 0 bridgehead atoms. The van der Waals surface area contributed by atoms with Crippen LogP contribution in [0.4, 0.5) is 0 Å². The Morgan fingerprint density at radius 3 is 1.76 bits per heavy atom. The number of carbonyl (C=O) groups is 1.